The standard InChI is InChI=1S/C11H22N2O3/c1-11(2,13(3)4)8-12-9(14)6-5-7-10(15)16/h5-8H2,1-4H3,(H,12,14)(H,15,16). The van der Waals surface area contributed by atoms with E-state index in [-0.39, 0.29) is 24.3 Å². The van der Waals surface area contributed by atoms with Crippen molar-refractivity contribution < 1.29 is 14.7 Å². The Hall–Kier alpha value is -1.10. The lowest BCUT2D eigenvalue weighted by molar-refractivity contribution is -0.137. The highest BCUT2D eigenvalue weighted by Crippen LogP contribution is 2.07. The topological polar surface area (TPSA) is 69.6 Å². The number of carbonyl (C=O) groups excluding carboxylic acids is 1. The molecule has 0 radical (unpaired) electrons. The van der Waals surface area contributed by atoms with Crippen LogP contribution in [0.3, 0.4) is 0 Å². The second-order valence-electron chi connectivity index (χ2n) is 4.73. The third kappa shape index (κ3) is 6.40. The Morgan fingerprint density at radius 2 is 1.81 bits per heavy atom. The van der Waals surface area contributed by atoms with E-state index in [2.05, 4.69) is 5.32 Å². The predicted molar refractivity (Wildman–Crippen MR) is 62.3 cm³/mol. The van der Waals surface area contributed by atoms with Crippen LogP contribution in [0, 0.1) is 0 Å². The summed E-state index contributed by atoms with van der Waals surface area (Å²) in [7, 11) is 3.91. The number of aliphatic carboxylic acids is 1. The second-order valence-corrected chi connectivity index (χ2v) is 4.73. The first kappa shape index (κ1) is 14.9. The number of carboxylic acid groups (broad SMARTS) is 1. The Balaban J connectivity index is 3.77. The fourth-order valence-corrected chi connectivity index (χ4v) is 0.962. The van der Waals surface area contributed by atoms with Gasteiger partial charge in [0.25, 0.3) is 0 Å². The summed E-state index contributed by atoms with van der Waals surface area (Å²) in [6.45, 7) is 4.63. The first-order chi connectivity index (χ1) is 7.25. The van der Waals surface area contributed by atoms with Gasteiger partial charge in [0.15, 0.2) is 0 Å². The summed E-state index contributed by atoms with van der Waals surface area (Å²) >= 11 is 0. The van der Waals surface area contributed by atoms with Crippen molar-refractivity contribution in [2.24, 2.45) is 0 Å². The fourth-order valence-electron chi connectivity index (χ4n) is 0.962. The van der Waals surface area contributed by atoms with Crippen LogP contribution in [0.15, 0.2) is 0 Å². The van der Waals surface area contributed by atoms with Gasteiger partial charge in [-0.2, -0.15) is 0 Å². The maximum atomic E-state index is 11.4. The van der Waals surface area contributed by atoms with Gasteiger partial charge in [0, 0.05) is 24.9 Å². The van der Waals surface area contributed by atoms with Crippen LogP contribution in [0.4, 0.5) is 0 Å². The summed E-state index contributed by atoms with van der Waals surface area (Å²) in [5, 5.41) is 11.2. The first-order valence-corrected chi connectivity index (χ1v) is 5.41. The number of hydrogen-bond donors (Lipinski definition) is 2. The Labute approximate surface area is 96.8 Å². The number of nitrogens with one attached hydrogen (secondary N) is 1. The van der Waals surface area contributed by atoms with Crippen LogP contribution in [-0.2, 0) is 9.59 Å². The van der Waals surface area contributed by atoms with Gasteiger partial charge in [0.05, 0.1) is 0 Å². The molecule has 94 valence electrons. The van der Waals surface area contributed by atoms with Gasteiger partial charge in [-0.15, -0.1) is 0 Å². The van der Waals surface area contributed by atoms with Crippen molar-refractivity contribution in [1.29, 1.82) is 0 Å². The van der Waals surface area contributed by atoms with Crippen molar-refractivity contribution >= 4 is 11.9 Å². The fraction of sp³-hybridized carbons (Fsp3) is 0.818. The highest BCUT2D eigenvalue weighted by Gasteiger charge is 2.20. The molecule has 0 aromatic rings. The molecule has 0 aromatic carbocycles. The lowest BCUT2D eigenvalue weighted by Gasteiger charge is -2.32. The molecular formula is C11H22N2O3. The van der Waals surface area contributed by atoms with E-state index in [1.54, 1.807) is 0 Å². The molecule has 0 saturated heterocycles. The molecule has 16 heavy (non-hydrogen) atoms. The molecule has 0 aliphatic heterocycles. The molecular weight excluding hydrogens is 208 g/mol. The summed E-state index contributed by atoms with van der Waals surface area (Å²) in [6.07, 6.45) is 0.712. The number of carbonyl (C=O) groups is 2. The van der Waals surface area contributed by atoms with Gasteiger partial charge >= 0.3 is 5.97 Å². The molecule has 0 atom stereocenters. The van der Waals surface area contributed by atoms with E-state index in [0.29, 0.717) is 13.0 Å². The molecule has 1 amide bonds. The van der Waals surface area contributed by atoms with Gasteiger partial charge in [-0.25, -0.2) is 0 Å². The van der Waals surface area contributed by atoms with Crippen LogP contribution in [0.1, 0.15) is 33.1 Å². The monoisotopic (exact) mass is 230 g/mol. The second kappa shape index (κ2) is 6.48. The summed E-state index contributed by atoms with van der Waals surface area (Å²) in [6, 6.07) is 0. The molecule has 0 rings (SSSR count). The van der Waals surface area contributed by atoms with E-state index in [9.17, 15) is 9.59 Å². The van der Waals surface area contributed by atoms with E-state index in [1.807, 2.05) is 32.8 Å². The average molecular weight is 230 g/mol. The number of hydrogen-bond acceptors (Lipinski definition) is 3. The van der Waals surface area contributed by atoms with Gasteiger partial charge in [0.1, 0.15) is 0 Å². The lowest BCUT2D eigenvalue weighted by Crippen LogP contribution is -2.48. The number of nitrogens with zero attached hydrogens (tertiary/aromatic N) is 1. The first-order valence-electron chi connectivity index (χ1n) is 5.41. The zero-order chi connectivity index (χ0) is 12.8. The minimum atomic E-state index is -0.860. The van der Waals surface area contributed by atoms with E-state index < -0.39 is 5.97 Å². The summed E-state index contributed by atoms with van der Waals surface area (Å²) in [5.41, 5.74) is -0.0948. The molecule has 0 bridgehead atoms. The SMILES string of the molecule is CN(C)C(C)(C)CNC(=O)CCCC(=O)O. The molecule has 0 aliphatic rings. The maximum Gasteiger partial charge on any atom is 0.303 e. The minimum Gasteiger partial charge on any atom is -0.481 e. The Kier molecular flexibility index (Phi) is 6.03. The van der Waals surface area contributed by atoms with Crippen LogP contribution in [0.2, 0.25) is 0 Å². The Bertz CT molecular complexity index is 250. The van der Waals surface area contributed by atoms with Crippen molar-refractivity contribution in [3.63, 3.8) is 0 Å². The summed E-state index contributed by atoms with van der Waals surface area (Å²) in [4.78, 5) is 23.7. The predicted octanol–water partition coefficient (Wildman–Crippen LogP) is 0.698. The van der Waals surface area contributed by atoms with Crippen LogP contribution in [0.5, 0.6) is 0 Å². The third-order valence-corrected chi connectivity index (χ3v) is 2.72. The molecule has 0 aliphatic carbocycles. The zero-order valence-electron chi connectivity index (χ0n) is 10.5. The molecule has 5 heteroatoms. The van der Waals surface area contributed by atoms with Crippen molar-refractivity contribution in [2.45, 2.75) is 38.6 Å². The van der Waals surface area contributed by atoms with Gasteiger partial charge < -0.3 is 15.3 Å². The summed E-state index contributed by atoms with van der Waals surface area (Å²) < 4.78 is 0. The van der Waals surface area contributed by atoms with Crippen LogP contribution < -0.4 is 5.32 Å². The van der Waals surface area contributed by atoms with Crippen molar-refractivity contribution in [3.05, 3.63) is 0 Å². The van der Waals surface area contributed by atoms with Crippen molar-refractivity contribution in [1.82, 2.24) is 10.2 Å². The average Bonchev–Trinajstić information content (AvgIpc) is 2.14. The highest BCUT2D eigenvalue weighted by molar-refractivity contribution is 5.76. The number of amides is 1. The smallest absolute Gasteiger partial charge is 0.303 e. The van der Waals surface area contributed by atoms with Crippen LogP contribution >= 0.6 is 0 Å². The lowest BCUT2D eigenvalue weighted by atomic mass is 10.0. The van der Waals surface area contributed by atoms with E-state index in [1.165, 1.54) is 0 Å². The molecule has 0 aromatic heterocycles. The molecule has 0 fully saturated rings. The van der Waals surface area contributed by atoms with Crippen molar-refractivity contribution in [2.75, 3.05) is 20.6 Å². The largest absolute Gasteiger partial charge is 0.481 e. The normalized spacial score (nSPS) is 11.6. The minimum absolute atomic E-state index is 0.0461. The number of likely N-dealkylation sites (N-methyl/N-ethyl adjacent to an activating group) is 1. The van der Waals surface area contributed by atoms with Gasteiger partial charge in [0.2, 0.25) is 5.91 Å². The summed E-state index contributed by atoms with van der Waals surface area (Å²) in [5.74, 6) is -0.947. The van der Waals surface area contributed by atoms with E-state index in [0.717, 1.165) is 0 Å². The van der Waals surface area contributed by atoms with Gasteiger partial charge in [-0.1, -0.05) is 0 Å². The molecule has 0 unspecified atom stereocenters. The highest BCUT2D eigenvalue weighted by atomic mass is 16.4. The number of rotatable bonds is 7. The zero-order valence-corrected chi connectivity index (χ0v) is 10.5. The quantitative estimate of drug-likeness (QED) is 0.675. The molecule has 0 spiro atoms. The Morgan fingerprint density at radius 3 is 2.25 bits per heavy atom. The van der Waals surface area contributed by atoms with E-state index >= 15 is 0 Å². The van der Waals surface area contributed by atoms with Gasteiger partial charge in [-0.3, -0.25) is 9.59 Å². The molecule has 0 saturated carbocycles. The van der Waals surface area contributed by atoms with E-state index in [4.69, 9.17) is 5.11 Å². The van der Waals surface area contributed by atoms with Gasteiger partial charge in [-0.05, 0) is 34.4 Å². The molecule has 0 heterocycles. The van der Waals surface area contributed by atoms with Crippen LogP contribution in [-0.4, -0.2) is 48.1 Å². The molecule has 2 N–H and O–H groups in total. The molecule has 5 nitrogen and oxygen atoms in total. The van der Waals surface area contributed by atoms with Crippen molar-refractivity contribution in [3.8, 4) is 0 Å². The number of carboxylic acids is 1. The van der Waals surface area contributed by atoms with Crippen LogP contribution in [0.25, 0.3) is 0 Å². The third-order valence-electron chi connectivity index (χ3n) is 2.72. The maximum absolute atomic E-state index is 11.4. The Morgan fingerprint density at radius 1 is 1.25 bits per heavy atom.